The van der Waals surface area contributed by atoms with Crippen molar-refractivity contribution in [2.45, 2.75) is 46.0 Å². The van der Waals surface area contributed by atoms with Crippen LogP contribution < -0.4 is 5.48 Å². The quantitative estimate of drug-likeness (QED) is 0.496. The van der Waals surface area contributed by atoms with Gasteiger partial charge < -0.3 is 0 Å². The second kappa shape index (κ2) is 9.88. The van der Waals surface area contributed by atoms with Crippen LogP contribution in [0.3, 0.4) is 0 Å². The van der Waals surface area contributed by atoms with Gasteiger partial charge >= 0.3 is 0 Å². The highest BCUT2D eigenvalue weighted by Crippen LogP contribution is 2.13. The van der Waals surface area contributed by atoms with Crippen LogP contribution in [-0.2, 0) is 4.79 Å². The summed E-state index contributed by atoms with van der Waals surface area (Å²) < 4.78 is 0. The summed E-state index contributed by atoms with van der Waals surface area (Å²) >= 11 is 0. The molecule has 0 aliphatic heterocycles. The van der Waals surface area contributed by atoms with E-state index in [9.17, 15) is 4.79 Å². The van der Waals surface area contributed by atoms with Crippen LogP contribution in [0, 0.1) is 6.92 Å². The van der Waals surface area contributed by atoms with Gasteiger partial charge in [0.05, 0.1) is 5.52 Å². The molecule has 0 atom stereocenters. The van der Waals surface area contributed by atoms with Gasteiger partial charge in [-0.3, -0.25) is 15.0 Å². The lowest BCUT2D eigenvalue weighted by molar-refractivity contribution is -0.129. The number of aryl methyl sites for hydroxylation is 1. The van der Waals surface area contributed by atoms with Crippen molar-refractivity contribution in [1.82, 2.24) is 10.5 Å². The highest BCUT2D eigenvalue weighted by atomic mass is 16.5. The van der Waals surface area contributed by atoms with Gasteiger partial charge in [-0.05, 0) is 31.0 Å². The van der Waals surface area contributed by atoms with Gasteiger partial charge in [0.1, 0.15) is 0 Å². The molecule has 1 aromatic heterocycles. The predicted molar refractivity (Wildman–Crippen MR) is 85.2 cm³/mol. The maximum absolute atomic E-state index is 10.4. The third kappa shape index (κ3) is 6.36. The van der Waals surface area contributed by atoms with Gasteiger partial charge in [0.15, 0.2) is 0 Å². The Morgan fingerprint density at radius 1 is 1.19 bits per heavy atom. The Balaban J connectivity index is 0.000000212. The van der Waals surface area contributed by atoms with Gasteiger partial charge in [-0.2, -0.15) is 0 Å². The molecule has 0 aliphatic carbocycles. The molecule has 2 rings (SSSR count). The lowest BCUT2D eigenvalue weighted by Crippen LogP contribution is -2.17. The number of nitrogens with one attached hydrogen (secondary N) is 1. The fourth-order valence-electron chi connectivity index (χ4n) is 2.01. The number of benzene rings is 1. The number of carbonyl (C=O) groups excluding carboxylic acids is 1. The number of carbonyl (C=O) groups is 1. The van der Waals surface area contributed by atoms with Crippen LogP contribution >= 0.6 is 0 Å². The zero-order valence-electron chi connectivity index (χ0n) is 12.8. The molecule has 21 heavy (non-hydrogen) atoms. The minimum atomic E-state index is -0.281. The van der Waals surface area contributed by atoms with Crippen molar-refractivity contribution in [1.29, 1.82) is 0 Å². The monoisotopic (exact) mass is 288 g/mol. The topological polar surface area (TPSA) is 62.2 Å². The van der Waals surface area contributed by atoms with Crippen molar-refractivity contribution in [3.05, 3.63) is 42.1 Å². The molecule has 1 heterocycles. The second-order valence-electron chi connectivity index (χ2n) is 4.99. The minimum Gasteiger partial charge on any atom is -0.289 e. The zero-order valence-corrected chi connectivity index (χ0v) is 12.8. The standard InChI is InChI=1S/C10H9N.C7H15NO2/c1-8-6-7-11-10-5-3-2-4-9(8)10;1-2-3-4-5-6-7(9)8-10/h2-7H,1H3;10H,2-6H2,1H3,(H,8,9). The van der Waals surface area contributed by atoms with Crippen LogP contribution in [0.5, 0.6) is 0 Å². The summed E-state index contributed by atoms with van der Waals surface area (Å²) in [6.45, 7) is 4.22. The van der Waals surface area contributed by atoms with Crippen molar-refractivity contribution in [3.63, 3.8) is 0 Å². The molecule has 0 spiro atoms. The van der Waals surface area contributed by atoms with Crippen LogP contribution in [0.25, 0.3) is 10.9 Å². The number of pyridine rings is 1. The van der Waals surface area contributed by atoms with Crippen LogP contribution in [0.1, 0.15) is 44.6 Å². The number of fused-ring (bicyclic) bond motifs is 1. The molecule has 0 saturated heterocycles. The van der Waals surface area contributed by atoms with E-state index in [1.54, 1.807) is 5.48 Å². The molecule has 1 aromatic carbocycles. The van der Waals surface area contributed by atoms with Crippen molar-refractivity contribution in [3.8, 4) is 0 Å². The number of amides is 1. The number of nitrogens with zero attached hydrogens (tertiary/aromatic N) is 1. The van der Waals surface area contributed by atoms with E-state index >= 15 is 0 Å². The van der Waals surface area contributed by atoms with E-state index < -0.39 is 0 Å². The van der Waals surface area contributed by atoms with Crippen LogP contribution in [0.2, 0.25) is 0 Å². The summed E-state index contributed by atoms with van der Waals surface area (Å²) in [5.74, 6) is -0.281. The van der Waals surface area contributed by atoms with Crippen LogP contribution in [0.4, 0.5) is 0 Å². The first-order valence-corrected chi connectivity index (χ1v) is 7.42. The van der Waals surface area contributed by atoms with E-state index in [-0.39, 0.29) is 5.91 Å². The van der Waals surface area contributed by atoms with Crippen molar-refractivity contribution < 1.29 is 10.0 Å². The number of aromatic nitrogens is 1. The average Bonchev–Trinajstić information content (AvgIpc) is 2.52. The first-order valence-electron chi connectivity index (χ1n) is 7.42. The Kier molecular flexibility index (Phi) is 8.05. The van der Waals surface area contributed by atoms with Crippen molar-refractivity contribution in [2.24, 2.45) is 0 Å². The number of para-hydroxylation sites is 1. The largest absolute Gasteiger partial charge is 0.289 e. The molecule has 0 unspecified atom stereocenters. The van der Waals surface area contributed by atoms with E-state index in [0.29, 0.717) is 6.42 Å². The van der Waals surface area contributed by atoms with Crippen LogP contribution in [0.15, 0.2) is 36.5 Å². The maximum atomic E-state index is 10.4. The Morgan fingerprint density at radius 2 is 1.95 bits per heavy atom. The number of hydrogen-bond donors (Lipinski definition) is 2. The normalized spacial score (nSPS) is 9.86. The molecule has 4 nitrogen and oxygen atoms in total. The van der Waals surface area contributed by atoms with E-state index in [4.69, 9.17) is 5.21 Å². The first-order chi connectivity index (χ1) is 10.2. The fourth-order valence-corrected chi connectivity index (χ4v) is 2.01. The van der Waals surface area contributed by atoms with Gasteiger partial charge in [-0.25, -0.2) is 5.48 Å². The summed E-state index contributed by atoms with van der Waals surface area (Å²) in [6.07, 6.45) is 6.57. The summed E-state index contributed by atoms with van der Waals surface area (Å²) in [5.41, 5.74) is 3.97. The summed E-state index contributed by atoms with van der Waals surface area (Å²) in [6, 6.07) is 10.2. The van der Waals surface area contributed by atoms with Crippen LogP contribution in [-0.4, -0.2) is 16.1 Å². The molecular formula is C17H24N2O2. The molecule has 4 heteroatoms. The summed E-state index contributed by atoms with van der Waals surface area (Å²) in [7, 11) is 0. The predicted octanol–water partition coefficient (Wildman–Crippen LogP) is 4.01. The van der Waals surface area contributed by atoms with E-state index in [1.807, 2.05) is 30.5 Å². The molecule has 2 N–H and O–H groups in total. The SMILES string of the molecule is CCCCCCC(=O)NO.Cc1ccnc2ccccc12. The van der Waals surface area contributed by atoms with E-state index in [2.05, 4.69) is 24.9 Å². The average molecular weight is 288 g/mol. The third-order valence-electron chi connectivity index (χ3n) is 3.25. The molecule has 114 valence electrons. The maximum Gasteiger partial charge on any atom is 0.243 e. The van der Waals surface area contributed by atoms with E-state index in [1.165, 1.54) is 23.8 Å². The number of hydrogen-bond acceptors (Lipinski definition) is 3. The lowest BCUT2D eigenvalue weighted by Gasteiger charge is -1.97. The lowest BCUT2D eigenvalue weighted by atomic mass is 10.1. The number of hydroxylamine groups is 1. The molecule has 2 aromatic rings. The Morgan fingerprint density at radius 3 is 2.62 bits per heavy atom. The Hall–Kier alpha value is -1.94. The summed E-state index contributed by atoms with van der Waals surface area (Å²) in [5, 5.41) is 9.34. The highest BCUT2D eigenvalue weighted by molar-refractivity contribution is 5.81. The molecule has 0 bridgehead atoms. The first kappa shape index (κ1) is 17.1. The number of unbranched alkanes of at least 4 members (excludes halogenated alkanes) is 3. The smallest absolute Gasteiger partial charge is 0.243 e. The molecule has 0 aliphatic rings. The minimum absolute atomic E-state index is 0.281. The molecule has 0 fully saturated rings. The second-order valence-corrected chi connectivity index (χ2v) is 4.99. The van der Waals surface area contributed by atoms with Gasteiger partial charge in [0.2, 0.25) is 5.91 Å². The van der Waals surface area contributed by atoms with Gasteiger partial charge in [0.25, 0.3) is 0 Å². The number of rotatable bonds is 5. The van der Waals surface area contributed by atoms with Gasteiger partial charge in [-0.15, -0.1) is 0 Å². The molecule has 1 amide bonds. The fraction of sp³-hybridized carbons (Fsp3) is 0.412. The molecular weight excluding hydrogens is 264 g/mol. The van der Waals surface area contributed by atoms with Crippen molar-refractivity contribution >= 4 is 16.8 Å². The third-order valence-corrected chi connectivity index (χ3v) is 3.25. The molecule has 0 radical (unpaired) electrons. The Bertz CT molecular complexity index is 550. The summed E-state index contributed by atoms with van der Waals surface area (Å²) in [4.78, 5) is 14.7. The van der Waals surface area contributed by atoms with Gasteiger partial charge in [-0.1, -0.05) is 44.4 Å². The highest BCUT2D eigenvalue weighted by Gasteiger charge is 1.96. The molecule has 0 saturated carbocycles. The Labute approximate surface area is 126 Å². The van der Waals surface area contributed by atoms with E-state index in [0.717, 1.165) is 18.4 Å². The van der Waals surface area contributed by atoms with Gasteiger partial charge in [0, 0.05) is 18.0 Å². The van der Waals surface area contributed by atoms with Crippen molar-refractivity contribution in [2.75, 3.05) is 0 Å². The zero-order chi connectivity index (χ0) is 15.5.